The number of fused-ring (bicyclic) bond motifs is 1. The van der Waals surface area contributed by atoms with Crippen molar-refractivity contribution in [1.29, 1.82) is 0 Å². The third-order valence-corrected chi connectivity index (χ3v) is 6.02. The van der Waals surface area contributed by atoms with Crippen molar-refractivity contribution in [2.45, 2.75) is 24.6 Å². The molecule has 1 aromatic heterocycles. The summed E-state index contributed by atoms with van der Waals surface area (Å²) in [6.45, 7) is 1.80. The van der Waals surface area contributed by atoms with Crippen LogP contribution in [0.15, 0.2) is 54.6 Å². The third kappa shape index (κ3) is 2.98. The number of β-amino-alcohol motifs (C(OH)–C–C–N with tert-alkyl or cyclic N) is 1. The minimum atomic E-state index is -0.568. The Labute approximate surface area is 165 Å². The van der Waals surface area contributed by atoms with Crippen LogP contribution in [0.3, 0.4) is 0 Å². The summed E-state index contributed by atoms with van der Waals surface area (Å²) in [5.74, 6) is 0.815. The van der Waals surface area contributed by atoms with Crippen LogP contribution in [0.4, 0.5) is 5.95 Å². The predicted octanol–water partition coefficient (Wildman–Crippen LogP) is 2.06. The molecule has 2 N–H and O–H groups in total. The molecule has 1 fully saturated rings. The molecule has 148 valence electrons. The second-order valence-corrected chi connectivity index (χ2v) is 7.67. The van der Waals surface area contributed by atoms with Gasteiger partial charge in [0.15, 0.2) is 0 Å². The van der Waals surface area contributed by atoms with Gasteiger partial charge < -0.3 is 19.7 Å². The van der Waals surface area contributed by atoms with E-state index in [1.54, 1.807) is 0 Å². The molecule has 0 aliphatic carbocycles. The van der Waals surface area contributed by atoms with Gasteiger partial charge in [-0.3, -0.25) is 4.90 Å². The molecular formula is C22H28N4O2. The summed E-state index contributed by atoms with van der Waals surface area (Å²) in [4.78, 5) is 9.09. The highest BCUT2D eigenvalue weighted by atomic mass is 16.3. The summed E-state index contributed by atoms with van der Waals surface area (Å²) in [5, 5.41) is 20.9. The summed E-state index contributed by atoms with van der Waals surface area (Å²) < 4.78 is 2.05. The molecule has 0 spiro atoms. The Hall–Kier alpha value is -2.41. The standard InChI is InChI=1S/C22H28N4O2/c1-24(2)22(17-8-4-3-5-9-17)12-13-25(16-20(22)28)21-23-18-10-6-7-11-19(18)26(21)14-15-27/h3-11,20,27-28H,12-16H2,1-2H3/t20-,22+/m1/s1. The van der Waals surface area contributed by atoms with Crippen molar-refractivity contribution < 1.29 is 10.2 Å². The second kappa shape index (κ2) is 7.54. The molecule has 0 unspecified atom stereocenters. The third-order valence-electron chi connectivity index (χ3n) is 6.02. The van der Waals surface area contributed by atoms with E-state index in [1.165, 1.54) is 0 Å². The highest BCUT2D eigenvalue weighted by Crippen LogP contribution is 2.39. The maximum absolute atomic E-state index is 11.3. The number of benzene rings is 2. The van der Waals surface area contributed by atoms with E-state index in [0.29, 0.717) is 13.1 Å². The fraction of sp³-hybridized carbons (Fsp3) is 0.409. The van der Waals surface area contributed by atoms with Crippen LogP contribution in [0, 0.1) is 0 Å². The van der Waals surface area contributed by atoms with E-state index in [4.69, 9.17) is 4.98 Å². The van der Waals surface area contributed by atoms with Crippen molar-refractivity contribution in [2.24, 2.45) is 0 Å². The summed E-state index contributed by atoms with van der Waals surface area (Å²) >= 11 is 0. The number of hydrogen-bond donors (Lipinski definition) is 2. The van der Waals surface area contributed by atoms with Crippen LogP contribution in [0.1, 0.15) is 12.0 Å². The molecule has 6 heteroatoms. The van der Waals surface area contributed by atoms with Gasteiger partial charge in [-0.1, -0.05) is 42.5 Å². The minimum absolute atomic E-state index is 0.0510. The van der Waals surface area contributed by atoms with Crippen LogP contribution < -0.4 is 4.90 Å². The number of aliphatic hydroxyl groups excluding tert-OH is 2. The highest BCUT2D eigenvalue weighted by Gasteiger charge is 2.46. The van der Waals surface area contributed by atoms with E-state index in [2.05, 4.69) is 21.9 Å². The maximum atomic E-state index is 11.3. The first-order chi connectivity index (χ1) is 13.6. The zero-order chi connectivity index (χ0) is 19.7. The smallest absolute Gasteiger partial charge is 0.206 e. The van der Waals surface area contributed by atoms with E-state index in [1.807, 2.05) is 61.1 Å². The number of likely N-dealkylation sites (N-methyl/N-ethyl adjacent to an activating group) is 1. The first kappa shape index (κ1) is 18.9. The Balaban J connectivity index is 1.69. The summed E-state index contributed by atoms with van der Waals surface area (Å²) in [6, 6.07) is 18.2. The van der Waals surface area contributed by atoms with Crippen LogP contribution in [0.5, 0.6) is 0 Å². The molecule has 2 aromatic carbocycles. The molecule has 28 heavy (non-hydrogen) atoms. The van der Waals surface area contributed by atoms with Gasteiger partial charge in [-0.2, -0.15) is 0 Å². The molecular weight excluding hydrogens is 352 g/mol. The fourth-order valence-electron chi connectivity index (χ4n) is 4.57. The average Bonchev–Trinajstić information content (AvgIpc) is 3.07. The van der Waals surface area contributed by atoms with Gasteiger partial charge in [-0.15, -0.1) is 0 Å². The highest BCUT2D eigenvalue weighted by molar-refractivity contribution is 5.78. The predicted molar refractivity (Wildman–Crippen MR) is 111 cm³/mol. The zero-order valence-electron chi connectivity index (χ0n) is 16.5. The lowest BCUT2D eigenvalue weighted by Crippen LogP contribution is -2.60. The summed E-state index contributed by atoms with van der Waals surface area (Å²) in [5.41, 5.74) is 2.63. The number of hydrogen-bond acceptors (Lipinski definition) is 5. The molecule has 0 radical (unpaired) electrons. The summed E-state index contributed by atoms with van der Waals surface area (Å²) in [7, 11) is 4.07. The van der Waals surface area contributed by atoms with Crippen molar-refractivity contribution in [1.82, 2.24) is 14.5 Å². The van der Waals surface area contributed by atoms with Crippen molar-refractivity contribution in [3.8, 4) is 0 Å². The monoisotopic (exact) mass is 380 g/mol. The molecule has 4 rings (SSSR count). The van der Waals surface area contributed by atoms with Crippen LogP contribution in [0.25, 0.3) is 11.0 Å². The first-order valence-electron chi connectivity index (χ1n) is 9.80. The first-order valence-corrected chi connectivity index (χ1v) is 9.80. The normalized spacial score (nSPS) is 22.9. The quantitative estimate of drug-likeness (QED) is 0.709. The van der Waals surface area contributed by atoms with Crippen LogP contribution in [-0.2, 0) is 12.1 Å². The van der Waals surface area contributed by atoms with Gasteiger partial charge in [-0.25, -0.2) is 4.98 Å². The number of aliphatic hydroxyl groups is 2. The van der Waals surface area contributed by atoms with Gasteiger partial charge in [0.2, 0.25) is 5.95 Å². The lowest BCUT2D eigenvalue weighted by Gasteiger charge is -2.50. The van der Waals surface area contributed by atoms with E-state index < -0.39 is 11.6 Å². The minimum Gasteiger partial charge on any atom is -0.395 e. The summed E-state index contributed by atoms with van der Waals surface area (Å²) in [6.07, 6.45) is 0.217. The number of imidazole rings is 1. The van der Waals surface area contributed by atoms with Crippen molar-refractivity contribution >= 4 is 17.0 Å². The van der Waals surface area contributed by atoms with E-state index in [9.17, 15) is 10.2 Å². The van der Waals surface area contributed by atoms with Crippen molar-refractivity contribution in [3.05, 3.63) is 60.2 Å². The van der Waals surface area contributed by atoms with Crippen LogP contribution in [0.2, 0.25) is 0 Å². The molecule has 2 heterocycles. The van der Waals surface area contributed by atoms with Gasteiger partial charge in [0, 0.05) is 19.6 Å². The molecule has 1 saturated heterocycles. The SMILES string of the molecule is CN(C)[C@]1(c2ccccc2)CCN(c2nc3ccccc3n2CCO)C[C@H]1O. The largest absolute Gasteiger partial charge is 0.395 e. The number of rotatable bonds is 5. The molecule has 0 bridgehead atoms. The van der Waals surface area contributed by atoms with Gasteiger partial charge in [0.1, 0.15) is 0 Å². The number of anilines is 1. The van der Waals surface area contributed by atoms with Crippen LogP contribution >= 0.6 is 0 Å². The number of aromatic nitrogens is 2. The molecule has 3 aromatic rings. The number of para-hydroxylation sites is 2. The average molecular weight is 380 g/mol. The van der Waals surface area contributed by atoms with Gasteiger partial charge in [0.25, 0.3) is 0 Å². The van der Waals surface area contributed by atoms with Crippen LogP contribution in [-0.4, -0.2) is 64.6 Å². The molecule has 0 amide bonds. The Kier molecular flexibility index (Phi) is 5.10. The lowest BCUT2D eigenvalue weighted by atomic mass is 9.77. The Bertz CT molecular complexity index is 940. The lowest BCUT2D eigenvalue weighted by molar-refractivity contribution is -0.0249. The van der Waals surface area contributed by atoms with Crippen molar-refractivity contribution in [3.63, 3.8) is 0 Å². The maximum Gasteiger partial charge on any atom is 0.206 e. The Morgan fingerprint density at radius 1 is 1.11 bits per heavy atom. The number of nitrogens with zero attached hydrogens (tertiary/aromatic N) is 4. The Morgan fingerprint density at radius 2 is 1.82 bits per heavy atom. The van der Waals surface area contributed by atoms with E-state index in [-0.39, 0.29) is 6.61 Å². The topological polar surface area (TPSA) is 64.8 Å². The van der Waals surface area contributed by atoms with E-state index >= 15 is 0 Å². The van der Waals surface area contributed by atoms with Gasteiger partial charge >= 0.3 is 0 Å². The molecule has 1 aliphatic heterocycles. The molecule has 2 atom stereocenters. The van der Waals surface area contributed by atoms with Gasteiger partial charge in [0.05, 0.1) is 29.3 Å². The Morgan fingerprint density at radius 3 is 2.50 bits per heavy atom. The zero-order valence-corrected chi connectivity index (χ0v) is 16.5. The van der Waals surface area contributed by atoms with Crippen molar-refractivity contribution in [2.75, 3.05) is 38.7 Å². The second-order valence-electron chi connectivity index (χ2n) is 7.67. The molecule has 0 saturated carbocycles. The molecule has 1 aliphatic rings. The van der Waals surface area contributed by atoms with E-state index in [0.717, 1.165) is 35.5 Å². The van der Waals surface area contributed by atoms with Gasteiger partial charge in [-0.05, 0) is 38.2 Å². The molecule has 6 nitrogen and oxygen atoms in total. The fourth-order valence-corrected chi connectivity index (χ4v) is 4.57. The number of piperidine rings is 1.